The van der Waals surface area contributed by atoms with E-state index in [0.717, 1.165) is 6.07 Å². The number of amides is 2. The van der Waals surface area contributed by atoms with Gasteiger partial charge in [-0.05, 0) is 31.0 Å². The molecule has 2 aliphatic heterocycles. The average Bonchev–Trinajstić information content (AvgIpc) is 2.61. The number of halogens is 2. The number of nitrogens with two attached hydrogens (primary N) is 1. The summed E-state index contributed by atoms with van der Waals surface area (Å²) in [5.41, 5.74) is 5.35. The molecule has 0 bridgehead atoms. The maximum absolute atomic E-state index is 13.9. The Labute approximate surface area is 150 Å². The summed E-state index contributed by atoms with van der Waals surface area (Å²) in [7, 11) is 0. The molecule has 1 aromatic carbocycles. The molecule has 0 atom stereocenters. The molecule has 3 rings (SSSR count). The molecule has 136 valence electrons. The third-order valence-electron chi connectivity index (χ3n) is 4.83. The van der Waals surface area contributed by atoms with Crippen molar-refractivity contribution in [2.45, 2.75) is 18.4 Å². The molecule has 0 saturated carbocycles. The summed E-state index contributed by atoms with van der Waals surface area (Å²) in [4.78, 5) is 28.4. The lowest BCUT2D eigenvalue weighted by Gasteiger charge is -2.40. The molecule has 0 aromatic heterocycles. The number of hydrogen-bond acceptors (Lipinski definition) is 4. The Morgan fingerprint density at radius 3 is 2.32 bits per heavy atom. The third kappa shape index (κ3) is 3.78. The third-order valence-corrected chi connectivity index (χ3v) is 5.06. The highest BCUT2D eigenvalue weighted by atomic mass is 35.5. The Kier molecular flexibility index (Phi) is 5.27. The van der Waals surface area contributed by atoms with Crippen LogP contribution in [0.4, 0.5) is 4.39 Å². The van der Waals surface area contributed by atoms with Crippen molar-refractivity contribution in [3.05, 3.63) is 34.6 Å². The van der Waals surface area contributed by atoms with Gasteiger partial charge in [-0.3, -0.25) is 9.59 Å². The van der Waals surface area contributed by atoms with Gasteiger partial charge >= 0.3 is 0 Å². The lowest BCUT2D eigenvalue weighted by atomic mass is 9.89. The van der Waals surface area contributed by atoms with Crippen LogP contribution in [0.1, 0.15) is 23.2 Å². The molecule has 0 spiro atoms. The molecule has 0 radical (unpaired) electrons. The smallest absolute Gasteiger partial charge is 0.256 e. The van der Waals surface area contributed by atoms with Crippen molar-refractivity contribution >= 4 is 23.4 Å². The van der Waals surface area contributed by atoms with Gasteiger partial charge in [-0.1, -0.05) is 11.6 Å². The van der Waals surface area contributed by atoms with Crippen LogP contribution in [0.2, 0.25) is 5.02 Å². The van der Waals surface area contributed by atoms with E-state index in [2.05, 4.69) is 0 Å². The zero-order valence-corrected chi connectivity index (χ0v) is 14.6. The molecule has 1 aromatic rings. The highest BCUT2D eigenvalue weighted by Gasteiger charge is 2.40. The summed E-state index contributed by atoms with van der Waals surface area (Å²) in [6.45, 7) is 2.44. The molecular formula is C17H21ClFN3O3. The fraction of sp³-hybridized carbons (Fsp3) is 0.529. The van der Waals surface area contributed by atoms with Gasteiger partial charge in [0.05, 0.1) is 11.1 Å². The normalized spacial score (nSPS) is 20.4. The van der Waals surface area contributed by atoms with Crippen molar-refractivity contribution in [1.82, 2.24) is 9.80 Å². The van der Waals surface area contributed by atoms with Gasteiger partial charge in [0.25, 0.3) is 5.91 Å². The first-order valence-electron chi connectivity index (χ1n) is 8.31. The minimum atomic E-state index is -0.882. The minimum Gasteiger partial charge on any atom is -0.381 e. The van der Waals surface area contributed by atoms with Crippen molar-refractivity contribution < 1.29 is 18.7 Å². The maximum Gasteiger partial charge on any atom is 0.256 e. The van der Waals surface area contributed by atoms with Crippen LogP contribution in [0, 0.1) is 5.82 Å². The summed E-state index contributed by atoms with van der Waals surface area (Å²) >= 11 is 5.72. The second kappa shape index (κ2) is 7.27. The summed E-state index contributed by atoms with van der Waals surface area (Å²) in [5, 5.41) is 0.245. The summed E-state index contributed by atoms with van der Waals surface area (Å²) < 4.78 is 19.2. The first-order valence-corrected chi connectivity index (χ1v) is 8.69. The maximum atomic E-state index is 13.9. The minimum absolute atomic E-state index is 0.0103. The quantitative estimate of drug-likeness (QED) is 0.851. The van der Waals surface area contributed by atoms with E-state index in [9.17, 15) is 14.0 Å². The number of rotatable bonds is 2. The first kappa shape index (κ1) is 18.1. The number of piperazine rings is 1. The van der Waals surface area contributed by atoms with E-state index >= 15 is 0 Å². The zero-order valence-electron chi connectivity index (χ0n) is 13.8. The average molecular weight is 370 g/mol. The van der Waals surface area contributed by atoms with E-state index in [1.54, 1.807) is 9.80 Å². The molecule has 6 nitrogen and oxygen atoms in total. The van der Waals surface area contributed by atoms with Crippen LogP contribution >= 0.6 is 11.6 Å². The molecule has 2 amide bonds. The predicted octanol–water partition coefficient (Wildman–Crippen LogP) is 1.27. The second-order valence-corrected chi connectivity index (χ2v) is 6.91. The molecule has 2 fully saturated rings. The van der Waals surface area contributed by atoms with Gasteiger partial charge in [-0.15, -0.1) is 0 Å². The second-order valence-electron chi connectivity index (χ2n) is 6.48. The largest absolute Gasteiger partial charge is 0.381 e. The van der Waals surface area contributed by atoms with E-state index < -0.39 is 17.3 Å². The van der Waals surface area contributed by atoms with Gasteiger partial charge in [0.15, 0.2) is 0 Å². The fourth-order valence-corrected chi connectivity index (χ4v) is 3.37. The molecule has 0 unspecified atom stereocenters. The van der Waals surface area contributed by atoms with E-state index in [4.69, 9.17) is 22.1 Å². The van der Waals surface area contributed by atoms with Crippen LogP contribution in [0.15, 0.2) is 18.2 Å². The van der Waals surface area contributed by atoms with Crippen LogP contribution < -0.4 is 5.73 Å². The predicted molar refractivity (Wildman–Crippen MR) is 90.9 cm³/mol. The lowest BCUT2D eigenvalue weighted by Crippen LogP contribution is -2.61. The Morgan fingerprint density at radius 1 is 1.12 bits per heavy atom. The van der Waals surface area contributed by atoms with E-state index in [1.165, 1.54) is 12.1 Å². The monoisotopic (exact) mass is 369 g/mol. The molecule has 2 saturated heterocycles. The molecule has 2 heterocycles. The topological polar surface area (TPSA) is 75.9 Å². The van der Waals surface area contributed by atoms with Gasteiger partial charge in [0, 0.05) is 44.4 Å². The van der Waals surface area contributed by atoms with Crippen LogP contribution in [0.5, 0.6) is 0 Å². The Balaban J connectivity index is 1.61. The summed E-state index contributed by atoms with van der Waals surface area (Å²) in [6.07, 6.45) is 1.00. The summed E-state index contributed by atoms with van der Waals surface area (Å²) in [5.74, 6) is -1.13. The van der Waals surface area contributed by atoms with Crippen molar-refractivity contribution in [1.29, 1.82) is 0 Å². The first-order chi connectivity index (χ1) is 11.9. The Hall–Kier alpha value is -1.70. The van der Waals surface area contributed by atoms with Crippen LogP contribution in [-0.4, -0.2) is 66.5 Å². The molecule has 2 aliphatic rings. The molecular weight excluding hydrogens is 349 g/mol. The number of hydrogen-bond donors (Lipinski definition) is 1. The van der Waals surface area contributed by atoms with Crippen molar-refractivity contribution in [3.8, 4) is 0 Å². The molecule has 2 N–H and O–H groups in total. The van der Waals surface area contributed by atoms with Crippen LogP contribution in [-0.2, 0) is 9.53 Å². The van der Waals surface area contributed by atoms with Crippen LogP contribution in [0.25, 0.3) is 0 Å². The van der Waals surface area contributed by atoms with Gasteiger partial charge in [0.2, 0.25) is 5.91 Å². The number of carbonyl (C=O) groups excluding carboxylic acids is 2. The van der Waals surface area contributed by atoms with Crippen molar-refractivity contribution in [3.63, 3.8) is 0 Å². The van der Waals surface area contributed by atoms with Crippen molar-refractivity contribution in [2.24, 2.45) is 5.73 Å². The van der Waals surface area contributed by atoms with Gasteiger partial charge in [-0.25, -0.2) is 4.39 Å². The summed E-state index contributed by atoms with van der Waals surface area (Å²) in [6, 6.07) is 3.99. The molecule has 8 heteroatoms. The lowest BCUT2D eigenvalue weighted by molar-refractivity contribution is -0.142. The Bertz CT molecular complexity index is 671. The van der Waals surface area contributed by atoms with Gasteiger partial charge in [-0.2, -0.15) is 0 Å². The number of nitrogens with zero attached hydrogens (tertiary/aromatic N) is 2. The van der Waals surface area contributed by atoms with E-state index in [-0.39, 0.29) is 16.5 Å². The number of ether oxygens (including phenoxy) is 1. The fourth-order valence-electron chi connectivity index (χ4n) is 3.21. The van der Waals surface area contributed by atoms with E-state index in [1.807, 2.05) is 0 Å². The van der Waals surface area contributed by atoms with Gasteiger partial charge in [0.1, 0.15) is 5.82 Å². The van der Waals surface area contributed by atoms with Crippen LogP contribution in [0.3, 0.4) is 0 Å². The molecule has 0 aliphatic carbocycles. The Morgan fingerprint density at radius 2 is 1.72 bits per heavy atom. The van der Waals surface area contributed by atoms with Gasteiger partial charge < -0.3 is 20.3 Å². The standard InChI is InChI=1S/C17H21ClFN3O3/c18-12-1-2-13(14(19)11-12)15(23)21-5-7-22(8-6-21)16(24)17(20)3-9-25-10-4-17/h1-2,11H,3-10,20H2. The van der Waals surface area contributed by atoms with E-state index in [0.29, 0.717) is 52.2 Å². The zero-order chi connectivity index (χ0) is 18.0. The number of benzene rings is 1. The number of carbonyl (C=O) groups is 2. The van der Waals surface area contributed by atoms with Crippen molar-refractivity contribution in [2.75, 3.05) is 39.4 Å². The molecule has 25 heavy (non-hydrogen) atoms. The highest BCUT2D eigenvalue weighted by Crippen LogP contribution is 2.22. The highest BCUT2D eigenvalue weighted by molar-refractivity contribution is 6.30. The SMILES string of the molecule is NC1(C(=O)N2CCN(C(=O)c3ccc(Cl)cc3F)CC2)CCOCC1.